The van der Waals surface area contributed by atoms with E-state index in [-0.39, 0.29) is 5.82 Å². The van der Waals surface area contributed by atoms with Crippen LogP contribution in [-0.4, -0.2) is 7.05 Å². The van der Waals surface area contributed by atoms with Gasteiger partial charge in [-0.15, -0.1) is 0 Å². The van der Waals surface area contributed by atoms with Crippen molar-refractivity contribution in [1.29, 1.82) is 0 Å². The van der Waals surface area contributed by atoms with Crippen LogP contribution in [0.15, 0.2) is 36.4 Å². The fourth-order valence-electron chi connectivity index (χ4n) is 2.88. The monoisotopic (exact) mass is 285 g/mol. The number of benzene rings is 2. The molecule has 0 atom stereocenters. The van der Waals surface area contributed by atoms with Crippen molar-refractivity contribution in [2.75, 3.05) is 7.05 Å². The number of hydrogen-bond acceptors (Lipinski definition) is 2. The topological polar surface area (TPSA) is 21.3 Å². The highest BCUT2D eigenvalue weighted by molar-refractivity contribution is 5.42. The molecule has 110 valence electrons. The Morgan fingerprint density at radius 1 is 1.10 bits per heavy atom. The molecule has 0 unspecified atom stereocenters. The van der Waals surface area contributed by atoms with E-state index in [0.717, 1.165) is 18.6 Å². The van der Waals surface area contributed by atoms with Crippen LogP contribution >= 0.6 is 0 Å². The maximum atomic E-state index is 13.9. The molecular formula is C18H20FNO. The second-order valence-electron chi connectivity index (χ2n) is 5.49. The summed E-state index contributed by atoms with van der Waals surface area (Å²) in [5.41, 5.74) is 3.35. The number of halogens is 1. The van der Waals surface area contributed by atoms with E-state index in [9.17, 15) is 4.39 Å². The van der Waals surface area contributed by atoms with E-state index in [1.807, 2.05) is 12.1 Å². The zero-order valence-electron chi connectivity index (χ0n) is 12.3. The number of hydrogen-bond donors (Lipinski definition) is 1. The summed E-state index contributed by atoms with van der Waals surface area (Å²) in [5.74, 6) is 1.14. The van der Waals surface area contributed by atoms with Crippen LogP contribution in [0.5, 0.6) is 11.5 Å². The lowest BCUT2D eigenvalue weighted by Gasteiger charge is -2.17. The first-order valence-corrected chi connectivity index (χ1v) is 7.49. The molecule has 2 aromatic rings. The van der Waals surface area contributed by atoms with Gasteiger partial charge in [0.1, 0.15) is 17.3 Å². The molecule has 0 aliphatic heterocycles. The maximum absolute atomic E-state index is 13.9. The summed E-state index contributed by atoms with van der Waals surface area (Å²) in [7, 11) is 1.80. The van der Waals surface area contributed by atoms with Gasteiger partial charge in [-0.3, -0.25) is 0 Å². The fraction of sp³-hybridized carbons (Fsp3) is 0.333. The SMILES string of the molecule is CNCc1c(F)cccc1Oc1ccc2c(c1)CCCC2. The lowest BCUT2D eigenvalue weighted by molar-refractivity contribution is 0.462. The average molecular weight is 285 g/mol. The molecule has 0 aromatic heterocycles. The standard InChI is InChI=1S/C18H20FNO/c1-20-12-16-17(19)7-4-8-18(16)21-15-10-9-13-5-2-3-6-14(13)11-15/h4,7-11,20H,2-3,5-6,12H2,1H3. The Labute approximate surface area is 125 Å². The van der Waals surface area contributed by atoms with E-state index >= 15 is 0 Å². The molecule has 21 heavy (non-hydrogen) atoms. The van der Waals surface area contributed by atoms with Gasteiger partial charge in [-0.1, -0.05) is 12.1 Å². The largest absolute Gasteiger partial charge is 0.457 e. The van der Waals surface area contributed by atoms with Crippen LogP contribution in [0.3, 0.4) is 0 Å². The predicted molar refractivity (Wildman–Crippen MR) is 82.3 cm³/mol. The summed E-state index contributed by atoms with van der Waals surface area (Å²) >= 11 is 0. The van der Waals surface area contributed by atoms with Crippen LogP contribution in [0, 0.1) is 5.82 Å². The highest BCUT2D eigenvalue weighted by atomic mass is 19.1. The highest BCUT2D eigenvalue weighted by Gasteiger charge is 2.13. The molecule has 2 aromatic carbocycles. The molecule has 1 N–H and O–H groups in total. The van der Waals surface area contributed by atoms with E-state index in [2.05, 4.69) is 17.4 Å². The molecule has 3 rings (SSSR count). The normalized spacial score (nSPS) is 13.8. The summed E-state index contributed by atoms with van der Waals surface area (Å²) in [4.78, 5) is 0. The molecule has 2 nitrogen and oxygen atoms in total. The molecule has 0 fully saturated rings. The average Bonchev–Trinajstić information content (AvgIpc) is 2.51. The van der Waals surface area contributed by atoms with E-state index in [0.29, 0.717) is 17.9 Å². The van der Waals surface area contributed by atoms with Crippen LogP contribution in [0.25, 0.3) is 0 Å². The van der Waals surface area contributed by atoms with Gasteiger partial charge in [0.05, 0.1) is 0 Å². The van der Waals surface area contributed by atoms with Gasteiger partial charge in [0.15, 0.2) is 0 Å². The number of ether oxygens (including phenoxy) is 1. The molecule has 1 aliphatic rings. The predicted octanol–water partition coefficient (Wildman–Crippen LogP) is 4.22. The Bertz CT molecular complexity index is 639. The van der Waals surface area contributed by atoms with Crippen molar-refractivity contribution in [3.05, 3.63) is 58.9 Å². The fourth-order valence-corrected chi connectivity index (χ4v) is 2.88. The first kappa shape index (κ1) is 14.1. The minimum atomic E-state index is -0.236. The molecule has 0 radical (unpaired) electrons. The number of nitrogens with one attached hydrogen (secondary N) is 1. The van der Waals surface area contributed by atoms with Gasteiger partial charge in [-0.05, 0) is 68.1 Å². The van der Waals surface area contributed by atoms with Crippen LogP contribution in [0.4, 0.5) is 4.39 Å². The first-order valence-electron chi connectivity index (χ1n) is 7.49. The number of fused-ring (bicyclic) bond motifs is 1. The third kappa shape index (κ3) is 3.08. The Morgan fingerprint density at radius 2 is 1.90 bits per heavy atom. The van der Waals surface area contributed by atoms with Crippen molar-refractivity contribution in [2.24, 2.45) is 0 Å². The van der Waals surface area contributed by atoms with Crippen molar-refractivity contribution in [2.45, 2.75) is 32.2 Å². The number of aryl methyl sites for hydroxylation is 2. The van der Waals surface area contributed by atoms with Gasteiger partial charge in [0.2, 0.25) is 0 Å². The molecule has 0 saturated carbocycles. The molecule has 0 amide bonds. The summed E-state index contributed by atoms with van der Waals surface area (Å²) in [6, 6.07) is 11.2. The Morgan fingerprint density at radius 3 is 2.71 bits per heavy atom. The van der Waals surface area contributed by atoms with Gasteiger partial charge in [-0.2, -0.15) is 0 Å². The zero-order valence-corrected chi connectivity index (χ0v) is 12.3. The van der Waals surface area contributed by atoms with Gasteiger partial charge >= 0.3 is 0 Å². The summed E-state index contributed by atoms with van der Waals surface area (Å²) in [6.07, 6.45) is 4.77. The molecular weight excluding hydrogens is 265 g/mol. The Kier molecular flexibility index (Phi) is 4.20. The van der Waals surface area contributed by atoms with Gasteiger partial charge in [0.25, 0.3) is 0 Å². The van der Waals surface area contributed by atoms with Gasteiger partial charge in [-0.25, -0.2) is 4.39 Å². The van der Waals surface area contributed by atoms with Crippen molar-refractivity contribution in [3.8, 4) is 11.5 Å². The molecule has 1 aliphatic carbocycles. The minimum absolute atomic E-state index is 0.236. The van der Waals surface area contributed by atoms with E-state index < -0.39 is 0 Å². The molecule has 0 heterocycles. The lowest BCUT2D eigenvalue weighted by Crippen LogP contribution is -2.08. The molecule has 0 spiro atoms. The maximum Gasteiger partial charge on any atom is 0.134 e. The summed E-state index contributed by atoms with van der Waals surface area (Å²) in [5, 5.41) is 2.98. The smallest absolute Gasteiger partial charge is 0.134 e. The third-order valence-electron chi connectivity index (χ3n) is 3.98. The molecule has 0 saturated heterocycles. The zero-order chi connectivity index (χ0) is 14.7. The van der Waals surface area contributed by atoms with Crippen LogP contribution in [0.2, 0.25) is 0 Å². The molecule has 3 heteroatoms. The Hall–Kier alpha value is -1.87. The van der Waals surface area contributed by atoms with E-state index in [1.54, 1.807) is 13.1 Å². The summed E-state index contributed by atoms with van der Waals surface area (Å²) in [6.45, 7) is 0.451. The minimum Gasteiger partial charge on any atom is -0.457 e. The molecule has 0 bridgehead atoms. The van der Waals surface area contributed by atoms with Gasteiger partial charge < -0.3 is 10.1 Å². The lowest BCUT2D eigenvalue weighted by atomic mass is 9.92. The second-order valence-corrected chi connectivity index (χ2v) is 5.49. The third-order valence-corrected chi connectivity index (χ3v) is 3.98. The van der Waals surface area contributed by atoms with Crippen LogP contribution in [-0.2, 0) is 19.4 Å². The number of rotatable bonds is 4. The second kappa shape index (κ2) is 6.27. The van der Waals surface area contributed by atoms with Crippen LogP contribution in [0.1, 0.15) is 29.5 Å². The highest BCUT2D eigenvalue weighted by Crippen LogP contribution is 2.30. The van der Waals surface area contributed by atoms with E-state index in [4.69, 9.17) is 4.74 Å². The Balaban J connectivity index is 1.88. The van der Waals surface area contributed by atoms with Crippen molar-refractivity contribution < 1.29 is 9.13 Å². The first-order chi connectivity index (χ1) is 10.3. The summed E-state index contributed by atoms with van der Waals surface area (Å²) < 4.78 is 19.8. The van der Waals surface area contributed by atoms with Crippen LogP contribution < -0.4 is 10.1 Å². The quantitative estimate of drug-likeness (QED) is 0.908. The van der Waals surface area contributed by atoms with Crippen molar-refractivity contribution in [1.82, 2.24) is 5.32 Å². The van der Waals surface area contributed by atoms with E-state index in [1.165, 1.54) is 30.0 Å². The van der Waals surface area contributed by atoms with Gasteiger partial charge in [0, 0.05) is 12.1 Å². The van der Waals surface area contributed by atoms with Crippen molar-refractivity contribution in [3.63, 3.8) is 0 Å². The van der Waals surface area contributed by atoms with Crippen molar-refractivity contribution >= 4 is 0 Å².